The van der Waals surface area contributed by atoms with Crippen molar-refractivity contribution in [2.24, 2.45) is 0 Å². The van der Waals surface area contributed by atoms with Crippen LogP contribution in [0.4, 0.5) is 0 Å². The van der Waals surface area contributed by atoms with E-state index in [1.54, 1.807) is 12.2 Å². The molecule has 2 nitrogen and oxygen atoms in total. The van der Waals surface area contributed by atoms with Crippen LogP contribution < -0.4 is 0 Å². The van der Waals surface area contributed by atoms with Gasteiger partial charge < -0.3 is 5.11 Å². The van der Waals surface area contributed by atoms with Crippen molar-refractivity contribution < 1.29 is 9.90 Å². The maximum absolute atomic E-state index is 10.4. The van der Waals surface area contributed by atoms with Crippen molar-refractivity contribution in [1.82, 2.24) is 0 Å². The number of carbonyl (C=O) groups is 1. The minimum atomic E-state index is -0.841. The summed E-state index contributed by atoms with van der Waals surface area (Å²) in [5.74, 6) is -0.841. The molecule has 0 saturated carbocycles. The molecule has 1 N–H and O–H groups in total. The van der Waals surface area contributed by atoms with Crippen LogP contribution in [0, 0.1) is 0 Å². The van der Waals surface area contributed by atoms with Crippen molar-refractivity contribution in [1.29, 1.82) is 0 Å². The molecule has 0 aromatic heterocycles. The van der Waals surface area contributed by atoms with Gasteiger partial charge in [0.05, 0.1) is 0 Å². The first-order valence-corrected chi connectivity index (χ1v) is 4.49. The Morgan fingerprint density at radius 3 is 2.64 bits per heavy atom. The number of carboxylic acid groups (broad SMARTS) is 1. The van der Waals surface area contributed by atoms with Crippen LogP contribution in [0.2, 0.25) is 0 Å². The molecule has 0 heterocycles. The molecule has 0 aliphatic carbocycles. The molecule has 0 amide bonds. The minimum absolute atomic E-state index is 0.433. The molecule has 0 spiro atoms. The van der Waals surface area contributed by atoms with Gasteiger partial charge in [-0.05, 0) is 6.42 Å². The molecule has 0 fully saturated rings. The summed E-state index contributed by atoms with van der Waals surface area (Å²) in [6, 6.07) is 0. The molecule has 0 rings (SSSR count). The third kappa shape index (κ3) is 4.79. The van der Waals surface area contributed by atoms with Gasteiger partial charge in [-0.1, -0.05) is 41.1 Å². The third-order valence-electron chi connectivity index (χ3n) is 1.18. The molecule has 0 aromatic carbocycles. The molecule has 0 atom stereocenters. The van der Waals surface area contributed by atoms with Crippen LogP contribution in [-0.2, 0) is 4.79 Å². The van der Waals surface area contributed by atoms with Crippen molar-refractivity contribution in [3.05, 3.63) is 23.8 Å². The van der Waals surface area contributed by atoms with E-state index in [4.69, 9.17) is 5.11 Å². The van der Waals surface area contributed by atoms with E-state index in [1.165, 1.54) is 0 Å². The highest BCUT2D eigenvalue weighted by atomic mass is 79.9. The Bertz CT molecular complexity index is 183. The van der Waals surface area contributed by atoms with Crippen LogP contribution >= 0.6 is 15.9 Å². The van der Waals surface area contributed by atoms with Gasteiger partial charge in [0.25, 0.3) is 0 Å². The molecule has 62 valence electrons. The molecule has 3 heteroatoms. The fourth-order valence-electron chi connectivity index (χ4n) is 0.576. The lowest BCUT2D eigenvalue weighted by Gasteiger charge is -1.92. The average molecular weight is 219 g/mol. The lowest BCUT2D eigenvalue weighted by atomic mass is 10.2. The summed E-state index contributed by atoms with van der Waals surface area (Å²) < 4.78 is 0. The zero-order valence-electron chi connectivity index (χ0n) is 6.38. The van der Waals surface area contributed by atoms with E-state index in [-0.39, 0.29) is 0 Å². The van der Waals surface area contributed by atoms with Gasteiger partial charge in [0.15, 0.2) is 0 Å². The second kappa shape index (κ2) is 6.16. The van der Waals surface area contributed by atoms with Gasteiger partial charge in [0.2, 0.25) is 0 Å². The quantitative estimate of drug-likeness (QED) is 0.447. The van der Waals surface area contributed by atoms with Crippen LogP contribution in [0.1, 0.15) is 13.3 Å². The Hall–Kier alpha value is -0.570. The van der Waals surface area contributed by atoms with Gasteiger partial charge in [0.1, 0.15) is 0 Å². The van der Waals surface area contributed by atoms with Crippen LogP contribution in [0.15, 0.2) is 23.8 Å². The smallest absolute Gasteiger partial charge is 0.331 e. The Kier molecular flexibility index (Phi) is 5.84. The molecule has 0 saturated heterocycles. The first-order valence-electron chi connectivity index (χ1n) is 3.37. The zero-order chi connectivity index (χ0) is 8.69. The van der Waals surface area contributed by atoms with Crippen molar-refractivity contribution in [2.45, 2.75) is 13.3 Å². The highest BCUT2D eigenvalue weighted by molar-refractivity contribution is 9.09. The maximum atomic E-state index is 10.4. The van der Waals surface area contributed by atoms with Crippen molar-refractivity contribution >= 4 is 21.9 Å². The monoisotopic (exact) mass is 218 g/mol. The summed E-state index contributed by atoms with van der Waals surface area (Å²) in [5, 5.41) is 9.31. The molecule has 11 heavy (non-hydrogen) atoms. The summed E-state index contributed by atoms with van der Waals surface area (Å²) >= 11 is 3.19. The lowest BCUT2D eigenvalue weighted by Crippen LogP contribution is -1.97. The van der Waals surface area contributed by atoms with Gasteiger partial charge in [-0.25, -0.2) is 4.79 Å². The van der Waals surface area contributed by atoms with E-state index >= 15 is 0 Å². The lowest BCUT2D eigenvalue weighted by molar-refractivity contribution is -0.132. The number of hydrogen-bond donors (Lipinski definition) is 1. The second-order valence-electron chi connectivity index (χ2n) is 1.93. The number of allylic oxidation sites excluding steroid dienone is 3. The van der Waals surface area contributed by atoms with Gasteiger partial charge in [-0.2, -0.15) is 0 Å². The number of halogens is 1. The van der Waals surface area contributed by atoms with E-state index in [0.29, 0.717) is 12.0 Å². The highest BCUT2D eigenvalue weighted by Crippen LogP contribution is 2.00. The largest absolute Gasteiger partial charge is 0.478 e. The molecule has 0 aromatic rings. The molecular weight excluding hydrogens is 208 g/mol. The Morgan fingerprint density at radius 1 is 1.64 bits per heavy atom. The Morgan fingerprint density at radius 2 is 2.27 bits per heavy atom. The highest BCUT2D eigenvalue weighted by Gasteiger charge is 2.00. The van der Waals surface area contributed by atoms with Crippen LogP contribution in [-0.4, -0.2) is 16.4 Å². The molecular formula is C8H11BrO2. The van der Waals surface area contributed by atoms with E-state index in [0.717, 1.165) is 5.33 Å². The van der Waals surface area contributed by atoms with Crippen LogP contribution in [0.3, 0.4) is 0 Å². The summed E-state index contributed by atoms with van der Waals surface area (Å²) in [4.78, 5) is 10.4. The number of carboxylic acids is 1. The standard InChI is InChI=1S/C8H11BrO2/c1-2-7(8(10)11)5-3-4-6-9/h3-5H,2,6H2,1H3,(H,10,11)/b4-3+,7-5+. The van der Waals surface area contributed by atoms with Gasteiger partial charge in [-0.3, -0.25) is 0 Å². The zero-order valence-corrected chi connectivity index (χ0v) is 7.97. The SMILES string of the molecule is CC/C(=C\C=C\CBr)C(=O)O. The van der Waals surface area contributed by atoms with Gasteiger partial charge in [0, 0.05) is 10.9 Å². The fraction of sp³-hybridized carbons (Fsp3) is 0.375. The number of rotatable bonds is 4. The van der Waals surface area contributed by atoms with Crippen molar-refractivity contribution in [3.8, 4) is 0 Å². The van der Waals surface area contributed by atoms with E-state index in [2.05, 4.69) is 15.9 Å². The van der Waals surface area contributed by atoms with Crippen molar-refractivity contribution in [2.75, 3.05) is 5.33 Å². The number of aliphatic carboxylic acids is 1. The van der Waals surface area contributed by atoms with Gasteiger partial charge >= 0.3 is 5.97 Å². The average Bonchev–Trinajstić information content (AvgIpc) is 1.97. The van der Waals surface area contributed by atoms with Gasteiger partial charge in [-0.15, -0.1) is 0 Å². The predicted octanol–water partition coefficient (Wildman–Crippen LogP) is 2.36. The topological polar surface area (TPSA) is 37.3 Å². The van der Waals surface area contributed by atoms with Crippen LogP contribution in [0.5, 0.6) is 0 Å². The molecule has 0 aliphatic heterocycles. The van der Waals surface area contributed by atoms with Crippen LogP contribution in [0.25, 0.3) is 0 Å². The third-order valence-corrected chi connectivity index (χ3v) is 1.55. The predicted molar refractivity (Wildman–Crippen MR) is 48.9 cm³/mol. The molecule has 0 radical (unpaired) electrons. The summed E-state index contributed by atoms with van der Waals surface area (Å²) in [7, 11) is 0. The first-order chi connectivity index (χ1) is 5.22. The second-order valence-corrected chi connectivity index (χ2v) is 2.58. The maximum Gasteiger partial charge on any atom is 0.331 e. The normalized spacial score (nSPS) is 12.4. The van der Waals surface area contributed by atoms with E-state index in [1.807, 2.05) is 13.0 Å². The fourth-order valence-corrected chi connectivity index (χ4v) is 0.792. The summed E-state index contributed by atoms with van der Waals surface area (Å²) in [6.07, 6.45) is 5.76. The van der Waals surface area contributed by atoms with E-state index in [9.17, 15) is 4.79 Å². The summed E-state index contributed by atoms with van der Waals surface area (Å²) in [6.45, 7) is 1.82. The summed E-state index contributed by atoms with van der Waals surface area (Å²) in [5.41, 5.74) is 0.433. The Balaban J connectivity index is 4.12. The molecule has 0 unspecified atom stereocenters. The first kappa shape index (κ1) is 10.4. The molecule has 0 bridgehead atoms. The minimum Gasteiger partial charge on any atom is -0.478 e. The number of alkyl halides is 1. The Labute approximate surface area is 74.7 Å². The van der Waals surface area contributed by atoms with Crippen molar-refractivity contribution in [3.63, 3.8) is 0 Å². The number of hydrogen-bond acceptors (Lipinski definition) is 1. The molecule has 0 aliphatic rings. The van der Waals surface area contributed by atoms with E-state index < -0.39 is 5.97 Å².